The molecule has 1 rings (SSSR count). The van der Waals surface area contributed by atoms with Crippen molar-refractivity contribution in [3.8, 4) is 0 Å². The van der Waals surface area contributed by atoms with Crippen LogP contribution >= 0.6 is 0 Å². The Labute approximate surface area is 75.2 Å². The number of rotatable bonds is 4. The van der Waals surface area contributed by atoms with E-state index in [0.717, 1.165) is 13.0 Å². The van der Waals surface area contributed by atoms with E-state index in [4.69, 9.17) is 5.73 Å². The predicted molar refractivity (Wildman–Crippen MR) is 53.0 cm³/mol. The number of hydrogen-bond donors (Lipinski definition) is 2. The normalized spacial score (nSPS) is 30.9. The lowest BCUT2D eigenvalue weighted by molar-refractivity contribution is 0.467. The van der Waals surface area contributed by atoms with Crippen LogP contribution in [0.15, 0.2) is 12.2 Å². The van der Waals surface area contributed by atoms with Crippen molar-refractivity contribution in [1.82, 2.24) is 5.32 Å². The van der Waals surface area contributed by atoms with Gasteiger partial charge < -0.3 is 11.1 Å². The standard InChI is InChI=1S/C10H20N2/c1-3-8(2)12-7-9-4-5-10(11)6-9/h4-5,8-10,12H,3,6-7,11H2,1-2H3. The zero-order valence-corrected chi connectivity index (χ0v) is 8.09. The van der Waals surface area contributed by atoms with Crippen LogP contribution in [-0.4, -0.2) is 18.6 Å². The summed E-state index contributed by atoms with van der Waals surface area (Å²) in [4.78, 5) is 0. The van der Waals surface area contributed by atoms with Crippen LogP contribution in [-0.2, 0) is 0 Å². The summed E-state index contributed by atoms with van der Waals surface area (Å²) < 4.78 is 0. The van der Waals surface area contributed by atoms with Gasteiger partial charge in [-0.3, -0.25) is 0 Å². The second kappa shape index (κ2) is 4.63. The molecule has 0 aromatic heterocycles. The highest BCUT2D eigenvalue weighted by Crippen LogP contribution is 2.15. The Morgan fingerprint density at radius 1 is 1.58 bits per heavy atom. The summed E-state index contributed by atoms with van der Waals surface area (Å²) in [6.45, 7) is 5.51. The Bertz CT molecular complexity index is 154. The molecule has 1 aliphatic rings. The largest absolute Gasteiger partial charge is 0.324 e. The molecule has 0 spiro atoms. The highest BCUT2D eigenvalue weighted by Gasteiger charge is 2.15. The average molecular weight is 168 g/mol. The van der Waals surface area contributed by atoms with Crippen molar-refractivity contribution in [2.75, 3.05) is 6.54 Å². The molecular formula is C10H20N2. The van der Waals surface area contributed by atoms with Gasteiger partial charge in [-0.15, -0.1) is 0 Å². The van der Waals surface area contributed by atoms with Crippen molar-refractivity contribution < 1.29 is 0 Å². The van der Waals surface area contributed by atoms with Gasteiger partial charge in [0.05, 0.1) is 0 Å². The predicted octanol–water partition coefficient (Wildman–Crippen LogP) is 1.28. The molecule has 70 valence electrons. The van der Waals surface area contributed by atoms with Crippen LogP contribution in [0.25, 0.3) is 0 Å². The van der Waals surface area contributed by atoms with Crippen LogP contribution in [0.3, 0.4) is 0 Å². The van der Waals surface area contributed by atoms with E-state index >= 15 is 0 Å². The molecule has 0 amide bonds. The molecule has 2 heteroatoms. The molecule has 0 saturated carbocycles. The molecule has 2 nitrogen and oxygen atoms in total. The van der Waals surface area contributed by atoms with E-state index in [-0.39, 0.29) is 0 Å². The van der Waals surface area contributed by atoms with E-state index in [9.17, 15) is 0 Å². The van der Waals surface area contributed by atoms with Crippen molar-refractivity contribution in [1.29, 1.82) is 0 Å². The first-order valence-corrected chi connectivity index (χ1v) is 4.89. The molecule has 0 aliphatic heterocycles. The molecule has 1 aliphatic carbocycles. The lowest BCUT2D eigenvalue weighted by atomic mass is 10.1. The first-order valence-electron chi connectivity index (χ1n) is 4.89. The molecule has 0 aromatic rings. The third-order valence-corrected chi connectivity index (χ3v) is 2.55. The maximum Gasteiger partial charge on any atom is 0.0229 e. The summed E-state index contributed by atoms with van der Waals surface area (Å²) in [6, 6.07) is 0.934. The molecule has 3 unspecified atom stereocenters. The average Bonchev–Trinajstić information content (AvgIpc) is 2.47. The number of hydrogen-bond acceptors (Lipinski definition) is 2. The van der Waals surface area contributed by atoms with Crippen LogP contribution in [0, 0.1) is 5.92 Å². The molecule has 0 bridgehead atoms. The van der Waals surface area contributed by atoms with Gasteiger partial charge in [-0.05, 0) is 25.7 Å². The van der Waals surface area contributed by atoms with Crippen molar-refractivity contribution in [2.24, 2.45) is 11.7 Å². The zero-order valence-electron chi connectivity index (χ0n) is 8.09. The zero-order chi connectivity index (χ0) is 8.97. The Balaban J connectivity index is 2.12. The summed E-state index contributed by atoms with van der Waals surface area (Å²) in [5, 5.41) is 3.49. The van der Waals surface area contributed by atoms with Crippen LogP contribution < -0.4 is 11.1 Å². The first-order chi connectivity index (χ1) is 5.72. The lowest BCUT2D eigenvalue weighted by Gasteiger charge is -2.14. The molecule has 12 heavy (non-hydrogen) atoms. The summed E-state index contributed by atoms with van der Waals surface area (Å²) in [7, 11) is 0. The van der Waals surface area contributed by atoms with Crippen LogP contribution in [0.5, 0.6) is 0 Å². The van der Waals surface area contributed by atoms with Gasteiger partial charge in [0.15, 0.2) is 0 Å². The smallest absolute Gasteiger partial charge is 0.0229 e. The fourth-order valence-corrected chi connectivity index (χ4v) is 1.45. The molecular weight excluding hydrogens is 148 g/mol. The Kier molecular flexibility index (Phi) is 3.76. The van der Waals surface area contributed by atoms with Crippen LogP contribution in [0.1, 0.15) is 26.7 Å². The Morgan fingerprint density at radius 3 is 2.83 bits per heavy atom. The van der Waals surface area contributed by atoms with Gasteiger partial charge >= 0.3 is 0 Å². The minimum absolute atomic E-state index is 0.300. The Morgan fingerprint density at radius 2 is 2.33 bits per heavy atom. The van der Waals surface area contributed by atoms with Crippen molar-refractivity contribution in [3.05, 3.63) is 12.2 Å². The second-order valence-electron chi connectivity index (χ2n) is 3.76. The van der Waals surface area contributed by atoms with Gasteiger partial charge in [0.1, 0.15) is 0 Å². The fourth-order valence-electron chi connectivity index (χ4n) is 1.45. The van der Waals surface area contributed by atoms with E-state index in [1.807, 2.05) is 0 Å². The van der Waals surface area contributed by atoms with Gasteiger partial charge in [0.2, 0.25) is 0 Å². The third-order valence-electron chi connectivity index (χ3n) is 2.55. The number of nitrogens with one attached hydrogen (secondary N) is 1. The minimum Gasteiger partial charge on any atom is -0.324 e. The summed E-state index contributed by atoms with van der Waals surface area (Å²) >= 11 is 0. The molecule has 0 radical (unpaired) electrons. The van der Waals surface area contributed by atoms with Gasteiger partial charge in [-0.25, -0.2) is 0 Å². The van der Waals surface area contributed by atoms with Crippen molar-refractivity contribution in [2.45, 2.75) is 38.8 Å². The topological polar surface area (TPSA) is 38.0 Å². The summed E-state index contributed by atoms with van der Waals surface area (Å²) in [5.74, 6) is 0.661. The van der Waals surface area contributed by atoms with E-state index in [0.29, 0.717) is 18.0 Å². The second-order valence-corrected chi connectivity index (χ2v) is 3.76. The molecule has 0 aromatic carbocycles. The molecule has 0 fully saturated rings. The van der Waals surface area contributed by atoms with Gasteiger partial charge in [0.25, 0.3) is 0 Å². The maximum absolute atomic E-state index is 5.75. The quantitative estimate of drug-likeness (QED) is 0.621. The van der Waals surface area contributed by atoms with Crippen molar-refractivity contribution >= 4 is 0 Å². The van der Waals surface area contributed by atoms with Crippen LogP contribution in [0.4, 0.5) is 0 Å². The summed E-state index contributed by atoms with van der Waals surface area (Å²) in [6.07, 6.45) is 6.66. The fraction of sp³-hybridized carbons (Fsp3) is 0.800. The Hall–Kier alpha value is -0.340. The number of nitrogens with two attached hydrogens (primary N) is 1. The van der Waals surface area contributed by atoms with E-state index < -0.39 is 0 Å². The molecule has 3 N–H and O–H groups in total. The van der Waals surface area contributed by atoms with E-state index in [1.165, 1.54) is 6.42 Å². The van der Waals surface area contributed by atoms with Gasteiger partial charge in [-0.1, -0.05) is 19.1 Å². The highest BCUT2D eigenvalue weighted by atomic mass is 14.9. The third kappa shape index (κ3) is 2.95. The molecule has 0 heterocycles. The monoisotopic (exact) mass is 168 g/mol. The minimum atomic E-state index is 0.300. The summed E-state index contributed by atoms with van der Waals surface area (Å²) in [5.41, 5.74) is 5.75. The van der Waals surface area contributed by atoms with Gasteiger partial charge in [0, 0.05) is 18.6 Å². The van der Waals surface area contributed by atoms with Crippen LogP contribution in [0.2, 0.25) is 0 Å². The van der Waals surface area contributed by atoms with E-state index in [1.54, 1.807) is 0 Å². The molecule has 3 atom stereocenters. The SMILES string of the molecule is CCC(C)NCC1C=CC(N)C1. The maximum atomic E-state index is 5.75. The lowest BCUT2D eigenvalue weighted by Crippen LogP contribution is -2.30. The highest BCUT2D eigenvalue weighted by molar-refractivity contribution is 5.05. The molecule has 0 saturated heterocycles. The first kappa shape index (κ1) is 9.75. The van der Waals surface area contributed by atoms with Gasteiger partial charge in [-0.2, -0.15) is 0 Å². The van der Waals surface area contributed by atoms with Crippen molar-refractivity contribution in [3.63, 3.8) is 0 Å². The van der Waals surface area contributed by atoms with E-state index in [2.05, 4.69) is 31.3 Å².